The molecule has 0 aliphatic heterocycles. The lowest BCUT2D eigenvalue weighted by molar-refractivity contribution is 0.922. The first-order chi connectivity index (χ1) is 11.3. The molecule has 0 radical (unpaired) electrons. The van der Waals surface area contributed by atoms with Crippen LogP contribution in [0, 0.1) is 11.3 Å². The summed E-state index contributed by atoms with van der Waals surface area (Å²) in [5.41, 5.74) is 2.66. The van der Waals surface area contributed by atoms with E-state index in [1.807, 2.05) is 47.0 Å². The Morgan fingerprint density at radius 2 is 1.96 bits per heavy atom. The van der Waals surface area contributed by atoms with Crippen molar-refractivity contribution in [1.82, 2.24) is 14.6 Å². The van der Waals surface area contributed by atoms with Crippen LogP contribution < -0.4 is 0 Å². The summed E-state index contributed by atoms with van der Waals surface area (Å²) in [5, 5.41) is 20.7. The molecule has 0 N–H and O–H groups in total. The van der Waals surface area contributed by atoms with Gasteiger partial charge < -0.3 is 0 Å². The van der Waals surface area contributed by atoms with Gasteiger partial charge in [0.25, 0.3) is 0 Å². The second-order valence-corrected chi connectivity index (χ2v) is 6.12. The maximum atomic E-state index is 8.97. The minimum atomic E-state index is 0.681. The number of thioether (sulfide) groups is 1. The summed E-state index contributed by atoms with van der Waals surface area (Å²) in [5.74, 6) is 0.753. The van der Waals surface area contributed by atoms with Gasteiger partial charge in [-0.1, -0.05) is 48.2 Å². The van der Waals surface area contributed by atoms with Gasteiger partial charge in [0.15, 0.2) is 10.8 Å². The predicted octanol–water partition coefficient (Wildman–Crippen LogP) is 4.05. The van der Waals surface area contributed by atoms with Crippen LogP contribution in [0.1, 0.15) is 11.1 Å². The first kappa shape index (κ1) is 13.8. The van der Waals surface area contributed by atoms with Gasteiger partial charge in [0, 0.05) is 17.3 Å². The Kier molecular flexibility index (Phi) is 3.45. The van der Waals surface area contributed by atoms with Crippen LogP contribution in [-0.4, -0.2) is 14.6 Å². The summed E-state index contributed by atoms with van der Waals surface area (Å²) >= 11 is 1.62. The quantitative estimate of drug-likeness (QED) is 0.535. The second kappa shape index (κ2) is 5.75. The van der Waals surface area contributed by atoms with Crippen molar-refractivity contribution in [3.8, 4) is 6.07 Å². The Bertz CT molecular complexity index is 1050. The molecule has 110 valence electrons. The molecule has 0 spiro atoms. The highest BCUT2D eigenvalue weighted by atomic mass is 32.2. The zero-order chi connectivity index (χ0) is 15.6. The van der Waals surface area contributed by atoms with Gasteiger partial charge in [-0.2, -0.15) is 5.26 Å². The number of benzene rings is 2. The number of nitrogens with zero attached hydrogens (tertiary/aromatic N) is 4. The molecule has 0 saturated heterocycles. The first-order valence-electron chi connectivity index (χ1n) is 7.19. The summed E-state index contributed by atoms with van der Waals surface area (Å²) in [6, 6.07) is 20.1. The van der Waals surface area contributed by atoms with Crippen molar-refractivity contribution in [3.63, 3.8) is 0 Å². The minimum absolute atomic E-state index is 0.681. The van der Waals surface area contributed by atoms with E-state index in [1.54, 1.807) is 11.8 Å². The Labute approximate surface area is 137 Å². The van der Waals surface area contributed by atoms with Crippen LogP contribution in [0.25, 0.3) is 16.4 Å². The molecule has 23 heavy (non-hydrogen) atoms. The molecular weight excluding hydrogens is 304 g/mol. The normalized spacial score (nSPS) is 10.9. The highest BCUT2D eigenvalue weighted by molar-refractivity contribution is 7.98. The molecule has 0 saturated carbocycles. The van der Waals surface area contributed by atoms with E-state index in [0.717, 1.165) is 32.9 Å². The van der Waals surface area contributed by atoms with E-state index in [9.17, 15) is 0 Å². The molecule has 5 heteroatoms. The molecule has 2 heterocycles. The monoisotopic (exact) mass is 316 g/mol. The number of nitriles is 1. The van der Waals surface area contributed by atoms with Crippen molar-refractivity contribution in [1.29, 1.82) is 5.26 Å². The van der Waals surface area contributed by atoms with Gasteiger partial charge in [-0.15, -0.1) is 10.2 Å². The summed E-state index contributed by atoms with van der Waals surface area (Å²) in [4.78, 5) is 0. The molecule has 4 rings (SSSR count). The standard InChI is InChI=1S/C18H12N4S/c19-11-13-4-3-5-14(10-13)12-23-18-21-20-17-16-7-2-1-6-15(16)8-9-22(17)18/h1-10H,12H2. The van der Waals surface area contributed by atoms with Gasteiger partial charge in [0.05, 0.1) is 11.6 Å². The number of fused-ring (bicyclic) bond motifs is 3. The van der Waals surface area contributed by atoms with Crippen molar-refractivity contribution in [3.05, 3.63) is 71.9 Å². The molecule has 0 atom stereocenters. The van der Waals surface area contributed by atoms with Gasteiger partial charge in [0.2, 0.25) is 0 Å². The number of rotatable bonds is 3. The van der Waals surface area contributed by atoms with Crippen molar-refractivity contribution in [2.45, 2.75) is 10.9 Å². The van der Waals surface area contributed by atoms with Gasteiger partial charge in [-0.3, -0.25) is 4.40 Å². The maximum absolute atomic E-state index is 8.97. The third-order valence-corrected chi connectivity index (χ3v) is 4.71. The third-order valence-electron chi connectivity index (χ3n) is 3.69. The average molecular weight is 316 g/mol. The molecule has 2 aromatic carbocycles. The van der Waals surface area contributed by atoms with Crippen LogP contribution >= 0.6 is 11.8 Å². The number of aromatic nitrogens is 3. The number of hydrogen-bond acceptors (Lipinski definition) is 4. The van der Waals surface area contributed by atoms with Crippen molar-refractivity contribution in [2.75, 3.05) is 0 Å². The molecule has 2 aromatic heterocycles. The summed E-state index contributed by atoms with van der Waals surface area (Å²) in [6.45, 7) is 0. The van der Waals surface area contributed by atoms with Gasteiger partial charge in [-0.25, -0.2) is 0 Å². The van der Waals surface area contributed by atoms with Gasteiger partial charge in [0.1, 0.15) is 0 Å². The highest BCUT2D eigenvalue weighted by Crippen LogP contribution is 2.25. The Hall–Kier alpha value is -2.84. The number of pyridine rings is 1. The third kappa shape index (κ3) is 2.54. The van der Waals surface area contributed by atoms with E-state index in [-0.39, 0.29) is 0 Å². The average Bonchev–Trinajstić information content (AvgIpc) is 3.04. The topological polar surface area (TPSA) is 54.0 Å². The summed E-state index contributed by atoms with van der Waals surface area (Å²) < 4.78 is 2.02. The van der Waals surface area contributed by atoms with E-state index in [4.69, 9.17) is 5.26 Å². The van der Waals surface area contributed by atoms with Crippen LogP contribution in [0.3, 0.4) is 0 Å². The van der Waals surface area contributed by atoms with Crippen LogP contribution in [0.15, 0.2) is 66.0 Å². The zero-order valence-electron chi connectivity index (χ0n) is 12.2. The zero-order valence-corrected chi connectivity index (χ0v) is 13.0. The molecule has 0 amide bonds. The number of hydrogen-bond donors (Lipinski definition) is 0. The van der Waals surface area contributed by atoms with Crippen LogP contribution in [0.4, 0.5) is 0 Å². The Morgan fingerprint density at radius 1 is 1.04 bits per heavy atom. The smallest absolute Gasteiger partial charge is 0.195 e. The molecule has 0 fully saturated rings. The molecule has 4 nitrogen and oxygen atoms in total. The SMILES string of the molecule is N#Cc1cccc(CSc2nnc3c4ccccc4ccn23)c1. The van der Waals surface area contributed by atoms with Gasteiger partial charge >= 0.3 is 0 Å². The van der Waals surface area contributed by atoms with Crippen molar-refractivity contribution in [2.24, 2.45) is 0 Å². The fourth-order valence-corrected chi connectivity index (χ4v) is 3.43. The Morgan fingerprint density at radius 3 is 2.87 bits per heavy atom. The van der Waals surface area contributed by atoms with E-state index in [1.165, 1.54) is 0 Å². The largest absolute Gasteiger partial charge is 0.277 e. The Balaban J connectivity index is 1.67. The fourth-order valence-electron chi connectivity index (χ4n) is 2.57. The molecule has 0 unspecified atom stereocenters. The summed E-state index contributed by atoms with van der Waals surface area (Å²) in [6.07, 6.45) is 2.01. The molecule has 0 aliphatic carbocycles. The lowest BCUT2D eigenvalue weighted by Gasteiger charge is -2.03. The lowest BCUT2D eigenvalue weighted by Crippen LogP contribution is -1.89. The van der Waals surface area contributed by atoms with Crippen LogP contribution in [0.5, 0.6) is 0 Å². The van der Waals surface area contributed by atoms with Crippen LogP contribution in [-0.2, 0) is 5.75 Å². The predicted molar refractivity (Wildman–Crippen MR) is 91.2 cm³/mol. The van der Waals surface area contributed by atoms with Crippen LogP contribution in [0.2, 0.25) is 0 Å². The van der Waals surface area contributed by atoms with Crippen molar-refractivity contribution < 1.29 is 0 Å². The fraction of sp³-hybridized carbons (Fsp3) is 0.0556. The lowest BCUT2D eigenvalue weighted by atomic mass is 10.2. The first-order valence-corrected chi connectivity index (χ1v) is 8.18. The molecule has 0 aliphatic rings. The van der Waals surface area contributed by atoms with Gasteiger partial charge in [-0.05, 0) is 29.1 Å². The highest BCUT2D eigenvalue weighted by Gasteiger charge is 2.09. The summed E-state index contributed by atoms with van der Waals surface area (Å²) in [7, 11) is 0. The van der Waals surface area contributed by atoms with E-state index in [0.29, 0.717) is 5.56 Å². The van der Waals surface area contributed by atoms with E-state index < -0.39 is 0 Å². The molecule has 4 aromatic rings. The van der Waals surface area contributed by atoms with Crippen molar-refractivity contribution >= 4 is 28.2 Å². The maximum Gasteiger partial charge on any atom is 0.195 e. The molecule has 0 bridgehead atoms. The minimum Gasteiger partial charge on any atom is -0.277 e. The molecular formula is C18H12N4S. The van der Waals surface area contributed by atoms with E-state index in [2.05, 4.69) is 34.5 Å². The second-order valence-electron chi connectivity index (χ2n) is 5.18. The van der Waals surface area contributed by atoms with E-state index >= 15 is 0 Å².